The third-order valence-corrected chi connectivity index (χ3v) is 1.75. The van der Waals surface area contributed by atoms with Crippen LogP contribution in [0.25, 0.3) is 0 Å². The molecule has 0 saturated carbocycles. The lowest BCUT2D eigenvalue weighted by molar-refractivity contribution is -0.108. The van der Waals surface area contributed by atoms with Crippen LogP contribution < -0.4 is 0 Å². The molecule has 0 fully saturated rings. The van der Waals surface area contributed by atoms with Gasteiger partial charge in [0.15, 0.2) is 0 Å². The molecule has 0 rings (SSSR count). The van der Waals surface area contributed by atoms with Crippen molar-refractivity contribution >= 4 is 6.29 Å². The third kappa shape index (κ3) is 2.81. The second-order valence-electron chi connectivity index (χ2n) is 3.61. The number of hydrogen-bond acceptors (Lipinski definition) is 1. The van der Waals surface area contributed by atoms with Crippen LogP contribution in [0.2, 0.25) is 0 Å². The Labute approximate surface area is 63.1 Å². The topological polar surface area (TPSA) is 17.1 Å². The average Bonchev–Trinajstić information content (AvgIpc) is 1.80. The van der Waals surface area contributed by atoms with Crippen molar-refractivity contribution in [2.45, 2.75) is 27.2 Å². The normalized spacial score (nSPS) is 14.3. The molecule has 10 heavy (non-hydrogen) atoms. The van der Waals surface area contributed by atoms with Crippen LogP contribution in [0.4, 0.5) is 0 Å². The molecule has 1 heteroatoms. The van der Waals surface area contributed by atoms with Gasteiger partial charge in [0.05, 0.1) is 0 Å². The van der Waals surface area contributed by atoms with E-state index >= 15 is 0 Å². The van der Waals surface area contributed by atoms with E-state index in [2.05, 4.69) is 27.4 Å². The maximum absolute atomic E-state index is 10.2. The van der Waals surface area contributed by atoms with Crippen molar-refractivity contribution in [3.63, 3.8) is 0 Å². The number of aldehydes is 1. The lowest BCUT2D eigenvalue weighted by Gasteiger charge is -2.25. The Kier molecular flexibility index (Phi) is 3.34. The van der Waals surface area contributed by atoms with Gasteiger partial charge in [0.25, 0.3) is 0 Å². The Morgan fingerprint density at radius 1 is 1.50 bits per heavy atom. The highest BCUT2D eigenvalue weighted by atomic mass is 16.1. The first-order valence-corrected chi connectivity index (χ1v) is 3.58. The van der Waals surface area contributed by atoms with E-state index in [0.717, 1.165) is 6.29 Å². The molecule has 1 nitrogen and oxygen atoms in total. The summed E-state index contributed by atoms with van der Waals surface area (Å²) in [5.74, 6) is 0.310. The van der Waals surface area contributed by atoms with E-state index in [1.807, 2.05) is 6.08 Å². The minimum atomic E-state index is 0.169. The molecular formula is C9H16O. The SMILES string of the molecule is C=C[C@H](CC=O)C(C)(C)C. The van der Waals surface area contributed by atoms with Gasteiger partial charge >= 0.3 is 0 Å². The Balaban J connectivity index is 4.05. The zero-order valence-electron chi connectivity index (χ0n) is 7.05. The predicted octanol–water partition coefficient (Wildman–Crippen LogP) is 2.42. The van der Waals surface area contributed by atoms with E-state index < -0.39 is 0 Å². The van der Waals surface area contributed by atoms with Crippen molar-refractivity contribution in [2.75, 3.05) is 0 Å². The van der Waals surface area contributed by atoms with Crippen molar-refractivity contribution < 1.29 is 4.79 Å². The molecule has 0 N–H and O–H groups in total. The van der Waals surface area contributed by atoms with E-state index in [1.54, 1.807) is 0 Å². The number of hydrogen-bond donors (Lipinski definition) is 0. The fraction of sp³-hybridized carbons (Fsp3) is 0.667. The first-order valence-electron chi connectivity index (χ1n) is 3.58. The van der Waals surface area contributed by atoms with Gasteiger partial charge in [-0.05, 0) is 11.3 Å². The predicted molar refractivity (Wildman–Crippen MR) is 43.8 cm³/mol. The molecule has 0 saturated heterocycles. The molecule has 0 heterocycles. The van der Waals surface area contributed by atoms with Gasteiger partial charge in [-0.15, -0.1) is 6.58 Å². The molecule has 0 unspecified atom stereocenters. The molecule has 0 aromatic carbocycles. The van der Waals surface area contributed by atoms with E-state index in [4.69, 9.17) is 0 Å². The van der Waals surface area contributed by atoms with Crippen LogP contribution >= 0.6 is 0 Å². The van der Waals surface area contributed by atoms with Crippen LogP contribution in [0, 0.1) is 11.3 Å². The molecule has 0 radical (unpaired) electrons. The average molecular weight is 140 g/mol. The van der Waals surface area contributed by atoms with Gasteiger partial charge in [-0.25, -0.2) is 0 Å². The van der Waals surface area contributed by atoms with Crippen LogP contribution in [0.5, 0.6) is 0 Å². The summed E-state index contributed by atoms with van der Waals surface area (Å²) in [5, 5.41) is 0. The molecular weight excluding hydrogens is 124 g/mol. The molecule has 0 amide bonds. The molecule has 0 aliphatic carbocycles. The lowest BCUT2D eigenvalue weighted by atomic mass is 9.79. The fourth-order valence-corrected chi connectivity index (χ4v) is 0.907. The summed E-state index contributed by atoms with van der Waals surface area (Å²) >= 11 is 0. The standard InChI is InChI=1S/C9H16O/c1-5-8(6-7-10)9(2,3)4/h5,7-8H,1,6H2,2-4H3/t8-/m1/s1. The molecule has 58 valence electrons. The summed E-state index contributed by atoms with van der Waals surface area (Å²) in [6, 6.07) is 0. The van der Waals surface area contributed by atoms with E-state index in [0.29, 0.717) is 12.3 Å². The van der Waals surface area contributed by atoms with Crippen LogP contribution in [0.3, 0.4) is 0 Å². The Morgan fingerprint density at radius 3 is 2.10 bits per heavy atom. The smallest absolute Gasteiger partial charge is 0.120 e. The molecule has 0 aliphatic rings. The highest BCUT2D eigenvalue weighted by Crippen LogP contribution is 2.28. The maximum Gasteiger partial charge on any atom is 0.120 e. The number of allylic oxidation sites excluding steroid dienone is 1. The van der Waals surface area contributed by atoms with Gasteiger partial charge in [-0.3, -0.25) is 0 Å². The Bertz CT molecular complexity index is 119. The monoisotopic (exact) mass is 140 g/mol. The van der Waals surface area contributed by atoms with Crippen LogP contribution in [0.15, 0.2) is 12.7 Å². The summed E-state index contributed by atoms with van der Waals surface area (Å²) in [6.07, 6.45) is 3.40. The summed E-state index contributed by atoms with van der Waals surface area (Å²) in [4.78, 5) is 10.2. The molecule has 0 spiro atoms. The highest BCUT2D eigenvalue weighted by Gasteiger charge is 2.20. The van der Waals surface area contributed by atoms with Gasteiger partial charge in [0, 0.05) is 6.42 Å². The maximum atomic E-state index is 10.2. The van der Waals surface area contributed by atoms with Crippen molar-refractivity contribution in [3.05, 3.63) is 12.7 Å². The van der Waals surface area contributed by atoms with Gasteiger partial charge in [0.2, 0.25) is 0 Å². The minimum absolute atomic E-state index is 0.169. The molecule has 1 atom stereocenters. The Morgan fingerprint density at radius 2 is 2.00 bits per heavy atom. The zero-order valence-corrected chi connectivity index (χ0v) is 7.05. The second-order valence-corrected chi connectivity index (χ2v) is 3.61. The van der Waals surface area contributed by atoms with Gasteiger partial charge < -0.3 is 4.79 Å². The summed E-state index contributed by atoms with van der Waals surface area (Å²) < 4.78 is 0. The third-order valence-electron chi connectivity index (χ3n) is 1.75. The quantitative estimate of drug-likeness (QED) is 0.434. The van der Waals surface area contributed by atoms with Gasteiger partial charge in [0.1, 0.15) is 6.29 Å². The minimum Gasteiger partial charge on any atom is -0.303 e. The second kappa shape index (κ2) is 3.55. The summed E-state index contributed by atoms with van der Waals surface area (Å²) in [5.41, 5.74) is 0.169. The van der Waals surface area contributed by atoms with Crippen LogP contribution in [-0.4, -0.2) is 6.29 Å². The summed E-state index contributed by atoms with van der Waals surface area (Å²) in [6.45, 7) is 10.0. The molecule has 0 aliphatic heterocycles. The molecule has 0 aromatic rings. The van der Waals surface area contributed by atoms with Gasteiger partial charge in [-0.1, -0.05) is 26.8 Å². The van der Waals surface area contributed by atoms with Gasteiger partial charge in [-0.2, -0.15) is 0 Å². The largest absolute Gasteiger partial charge is 0.303 e. The zero-order chi connectivity index (χ0) is 8.20. The van der Waals surface area contributed by atoms with E-state index in [9.17, 15) is 4.79 Å². The highest BCUT2D eigenvalue weighted by molar-refractivity contribution is 5.50. The van der Waals surface area contributed by atoms with Crippen molar-refractivity contribution in [2.24, 2.45) is 11.3 Å². The Hall–Kier alpha value is -0.590. The number of carbonyl (C=O) groups excluding carboxylic acids is 1. The summed E-state index contributed by atoms with van der Waals surface area (Å²) in [7, 11) is 0. The lowest BCUT2D eigenvalue weighted by Crippen LogP contribution is -2.18. The van der Waals surface area contributed by atoms with Crippen molar-refractivity contribution in [1.29, 1.82) is 0 Å². The number of rotatable bonds is 3. The van der Waals surface area contributed by atoms with Crippen LogP contribution in [-0.2, 0) is 4.79 Å². The molecule has 0 aromatic heterocycles. The van der Waals surface area contributed by atoms with Crippen molar-refractivity contribution in [3.8, 4) is 0 Å². The first kappa shape index (κ1) is 9.41. The van der Waals surface area contributed by atoms with E-state index in [-0.39, 0.29) is 5.41 Å². The van der Waals surface area contributed by atoms with E-state index in [1.165, 1.54) is 0 Å². The molecule has 0 bridgehead atoms. The van der Waals surface area contributed by atoms with Crippen LogP contribution in [0.1, 0.15) is 27.2 Å². The first-order chi connectivity index (χ1) is 4.52. The van der Waals surface area contributed by atoms with Crippen molar-refractivity contribution in [1.82, 2.24) is 0 Å². The number of carbonyl (C=O) groups is 1. The fourth-order valence-electron chi connectivity index (χ4n) is 0.907.